The maximum Gasteiger partial charge on any atom is 0.303 e. The molecule has 4 unspecified atom stereocenters. The fraction of sp³-hybridized carbons (Fsp3) is 0.391. The molecule has 0 fully saturated rings. The summed E-state index contributed by atoms with van der Waals surface area (Å²) in [4.78, 5) is 68.4. The van der Waals surface area contributed by atoms with E-state index < -0.39 is 190 Å². The maximum atomic E-state index is 13.7. The van der Waals surface area contributed by atoms with Crippen molar-refractivity contribution in [2.45, 2.75) is 98.5 Å². The summed E-state index contributed by atoms with van der Waals surface area (Å²) in [5, 5.41) is 25.0. The third-order valence-corrected chi connectivity index (χ3v) is 22.9. The molecule has 0 radical (unpaired) electrons. The molecule has 572 valence electrons. The monoisotopic (exact) mass is 1600 g/mol. The van der Waals surface area contributed by atoms with Crippen LogP contribution in [0.25, 0.3) is 32.7 Å². The molecular weight excluding hydrogens is 1520 g/mol. The Morgan fingerprint density at radius 2 is 1.02 bits per heavy atom. The van der Waals surface area contributed by atoms with Crippen molar-refractivity contribution < 1.29 is 116 Å². The predicted molar refractivity (Wildman–Crippen MR) is 388 cm³/mol. The summed E-state index contributed by atoms with van der Waals surface area (Å²) in [5.41, 5.74) is 0.583. The first-order chi connectivity index (χ1) is 48.6. The normalized spacial score (nSPS) is 18.9. The van der Waals surface area contributed by atoms with Gasteiger partial charge in [-0.15, -0.1) is 0 Å². The lowest BCUT2D eigenvalue weighted by atomic mass is 9.78. The zero-order chi connectivity index (χ0) is 77.7. The van der Waals surface area contributed by atoms with Crippen LogP contribution in [0, 0.1) is 0 Å². The maximum absolute atomic E-state index is 13.7. The number of hydrogen-bond donors (Lipinski definition) is 14. The molecule has 0 saturated heterocycles. The SMILES string of the molecule is CC1(C)\C(=C/C=C/C=C/C2N(CCCS(=O)(=O)O)c3cc(S(=O)O)c4cc(C5=CC(C(=O)NCCS(=O)(=O)O)NC(C(=O)NCCS(=O)(=O)O)=C5)ccc4c3C2(C)C)N(CCCCCC(=O)O)c2cc(S(=O)(=O)O)c3cc(C4=CC(C(=O)NCCS(=O)(=O)O)NC(C(=O)NCCS(=O)(=O)O)=C4)ccc3c21. The highest BCUT2D eigenvalue weighted by Crippen LogP contribution is 2.54. The fourth-order valence-corrected chi connectivity index (χ4v) is 16.2. The van der Waals surface area contributed by atoms with Crippen LogP contribution in [0.2, 0.25) is 0 Å². The molecule has 0 aromatic heterocycles. The van der Waals surface area contributed by atoms with Crippen molar-refractivity contribution in [1.29, 1.82) is 0 Å². The highest BCUT2D eigenvalue weighted by atomic mass is 32.2. The molecule has 4 aromatic carbocycles. The molecule has 105 heavy (non-hydrogen) atoms. The molecule has 4 heterocycles. The van der Waals surface area contributed by atoms with Crippen LogP contribution in [0.5, 0.6) is 0 Å². The number of amides is 4. The van der Waals surface area contributed by atoms with Crippen LogP contribution in [0.4, 0.5) is 11.4 Å². The van der Waals surface area contributed by atoms with E-state index in [-0.39, 0.29) is 75.3 Å². The van der Waals surface area contributed by atoms with Crippen molar-refractivity contribution >= 4 is 145 Å². The first-order valence-corrected chi connectivity index (χ1v) is 42.6. The molecule has 4 aliphatic rings. The standard InChI is InChI=1S/C64H78N8O26S7/c1-63(2)55(72(24-11-25-100(81,82)83)50-36-52(99(79)80)44-30-38(15-17-42(44)57(50)63)40-32-46(59(75)65-19-26-101(84,85)86)69-47(33-40)60(76)66-20-27-102(87,88)89)13-8-5-7-12-54-64(3,4)58-43-18-16-39(31-45(43)53(105(96,97)98)37-51(58)71(54)23-10-6-9-14-56(73)74)41-34-48(61(77)67-21-28-103(90,91)92)70-49(35-41)62(78)68-22-29-104(93,94)95/h5,7-8,12-13,15-18,30-37,46,48,55,69-70H,6,9-11,14,19-29H2,1-4H3,(H,65,75)(H,66,76)(H,67,77)(H,68,78)(H,73,74)(H,79,80)(H,81,82,83)(H,84,85,86)(H,87,88,89)(H,90,91,92)(H,93,94,95)(H,96,97,98)/b7-5+,13-8+,54-12+. The van der Waals surface area contributed by atoms with E-state index in [1.54, 1.807) is 54.6 Å². The Labute approximate surface area is 608 Å². The molecule has 34 nitrogen and oxygen atoms in total. The molecule has 41 heteroatoms. The van der Waals surface area contributed by atoms with Crippen LogP contribution in [0.15, 0.2) is 130 Å². The molecule has 4 atom stereocenters. The lowest BCUT2D eigenvalue weighted by Gasteiger charge is -2.32. The number of rotatable bonds is 33. The molecule has 0 bridgehead atoms. The van der Waals surface area contributed by atoms with Crippen molar-refractivity contribution in [1.82, 2.24) is 31.9 Å². The van der Waals surface area contributed by atoms with Gasteiger partial charge in [-0.1, -0.05) is 82.7 Å². The highest BCUT2D eigenvalue weighted by Gasteiger charge is 2.46. The quantitative estimate of drug-likeness (QED) is 0.0141. The minimum Gasteiger partial charge on any atom is -0.481 e. The van der Waals surface area contributed by atoms with E-state index in [0.717, 1.165) is 0 Å². The van der Waals surface area contributed by atoms with Gasteiger partial charge in [-0.2, -0.15) is 50.5 Å². The summed E-state index contributed by atoms with van der Waals surface area (Å²) in [6.07, 6.45) is 14.7. The molecule has 0 saturated carbocycles. The van der Waals surface area contributed by atoms with Crippen molar-refractivity contribution in [3.05, 3.63) is 143 Å². The highest BCUT2D eigenvalue weighted by molar-refractivity contribution is 7.87. The van der Waals surface area contributed by atoms with Gasteiger partial charge in [-0.3, -0.25) is 51.3 Å². The zero-order valence-electron chi connectivity index (χ0n) is 56.5. The third-order valence-electron chi connectivity index (χ3n) is 17.6. The van der Waals surface area contributed by atoms with Gasteiger partial charge >= 0.3 is 5.97 Å². The molecule has 4 aromatic rings. The minimum absolute atomic E-state index is 0.0305. The van der Waals surface area contributed by atoms with E-state index in [1.165, 1.54) is 48.6 Å². The number of hydrogen-bond acceptors (Lipinski definition) is 22. The van der Waals surface area contributed by atoms with Crippen molar-refractivity contribution in [2.75, 3.05) is 77.8 Å². The molecule has 4 amide bonds. The number of carbonyl (C=O) groups excluding carboxylic acids is 4. The summed E-state index contributed by atoms with van der Waals surface area (Å²) in [6, 6.07) is 8.42. The number of aliphatic carboxylic acids is 1. The molecule has 8 rings (SSSR count). The molecule has 14 N–H and O–H groups in total. The molecule has 4 aliphatic heterocycles. The van der Waals surface area contributed by atoms with E-state index >= 15 is 0 Å². The van der Waals surface area contributed by atoms with Gasteiger partial charge in [0.05, 0.1) is 39.7 Å². The van der Waals surface area contributed by atoms with Gasteiger partial charge in [0, 0.05) is 84.4 Å². The number of benzene rings is 4. The molecular formula is C64H78N8O26S7. The van der Waals surface area contributed by atoms with Crippen molar-refractivity contribution in [2.24, 2.45) is 0 Å². The number of dihydropyridines is 2. The van der Waals surface area contributed by atoms with E-state index in [4.69, 9.17) is 0 Å². The Morgan fingerprint density at radius 1 is 0.543 bits per heavy atom. The summed E-state index contributed by atoms with van der Waals surface area (Å²) in [7, 11) is -27.8. The number of anilines is 2. The van der Waals surface area contributed by atoms with Gasteiger partial charge in [0.15, 0.2) is 11.1 Å². The van der Waals surface area contributed by atoms with Gasteiger partial charge in [0.2, 0.25) is 11.8 Å². The number of nitrogens with zero attached hydrogens (tertiary/aromatic N) is 2. The Hall–Kier alpha value is -8.30. The van der Waals surface area contributed by atoms with E-state index in [9.17, 15) is 116 Å². The van der Waals surface area contributed by atoms with Gasteiger partial charge in [-0.05, 0) is 118 Å². The largest absolute Gasteiger partial charge is 0.481 e. The van der Waals surface area contributed by atoms with Crippen molar-refractivity contribution in [3.8, 4) is 0 Å². The first kappa shape index (κ1) is 82.4. The lowest BCUT2D eigenvalue weighted by Crippen LogP contribution is -2.48. The molecule has 0 spiro atoms. The fourth-order valence-electron chi connectivity index (χ4n) is 13.0. The van der Waals surface area contributed by atoms with E-state index in [1.807, 2.05) is 37.5 Å². The third kappa shape index (κ3) is 21.3. The van der Waals surface area contributed by atoms with Crippen LogP contribution in [-0.2, 0) is 107 Å². The second-order valence-corrected chi connectivity index (χ2v) is 36.1. The van der Waals surface area contributed by atoms with Crippen molar-refractivity contribution in [3.63, 3.8) is 0 Å². The molecule has 0 aliphatic carbocycles. The summed E-state index contributed by atoms with van der Waals surface area (Å²) < 4.78 is 226. The van der Waals surface area contributed by atoms with Gasteiger partial charge < -0.3 is 51.4 Å². The smallest absolute Gasteiger partial charge is 0.303 e. The zero-order valence-corrected chi connectivity index (χ0v) is 62.3. The van der Waals surface area contributed by atoms with Crippen LogP contribution < -0.4 is 41.7 Å². The van der Waals surface area contributed by atoms with Gasteiger partial charge in [0.25, 0.3) is 72.5 Å². The van der Waals surface area contributed by atoms with Gasteiger partial charge in [0.1, 0.15) is 28.4 Å². The number of allylic oxidation sites excluding steroid dienone is 9. The second-order valence-electron chi connectivity index (χ2n) is 25.9. The number of carboxylic acid groups (broad SMARTS) is 1. The van der Waals surface area contributed by atoms with E-state index in [2.05, 4.69) is 31.9 Å². The van der Waals surface area contributed by atoms with Gasteiger partial charge in [-0.25, -0.2) is 4.21 Å². The van der Waals surface area contributed by atoms with Crippen LogP contribution >= 0.6 is 0 Å². The second kappa shape index (κ2) is 32.4. The first-order valence-electron chi connectivity index (χ1n) is 32.0. The minimum atomic E-state index is -5.13. The number of carboxylic acids is 1. The summed E-state index contributed by atoms with van der Waals surface area (Å²) in [6.45, 7) is 5.37. The number of unbranched alkanes of at least 4 members (excludes halogenated alkanes) is 2. The number of carbonyl (C=O) groups is 5. The van der Waals surface area contributed by atoms with Crippen LogP contribution in [0.3, 0.4) is 0 Å². The van der Waals surface area contributed by atoms with Crippen LogP contribution in [0.1, 0.15) is 82.1 Å². The Kier molecular flexibility index (Phi) is 25.4. The average Bonchev–Trinajstić information content (AvgIpc) is 1.58. The Balaban J connectivity index is 1.19. The summed E-state index contributed by atoms with van der Waals surface area (Å²) in [5.74, 6) is -8.85. The predicted octanol–water partition coefficient (Wildman–Crippen LogP) is 2.50. The summed E-state index contributed by atoms with van der Waals surface area (Å²) >= 11 is -2.75. The topological polar surface area (TPSA) is 548 Å². The number of nitrogens with one attached hydrogen (secondary N) is 6. The van der Waals surface area contributed by atoms with Crippen LogP contribution in [-0.4, -0.2) is 207 Å². The Morgan fingerprint density at radius 3 is 1.49 bits per heavy atom. The van der Waals surface area contributed by atoms with E-state index in [0.29, 0.717) is 58.2 Å². The lowest BCUT2D eigenvalue weighted by molar-refractivity contribution is -0.137. The number of fused-ring (bicyclic) bond motifs is 6. The average molecular weight is 1600 g/mol. The Bertz CT molecular complexity index is 5180.